The lowest BCUT2D eigenvalue weighted by molar-refractivity contribution is -0.139. The number of aromatic nitrogens is 2. The van der Waals surface area contributed by atoms with Crippen molar-refractivity contribution in [2.75, 3.05) is 12.4 Å². The molecule has 0 saturated carbocycles. The molecule has 0 aliphatic rings. The molecule has 1 aromatic heterocycles. The first kappa shape index (κ1) is 16.0. The standard InChI is InChI=1S/C11H14F3N3O3/c1-10(2,3)20-9(18)15-7-5-6(11(12,13)14)8(19-4)17-16-7/h5H,1-4H3,(H,15,16,18). The smallest absolute Gasteiger partial charge is 0.421 e. The number of carbonyl (C=O) groups is 1. The maximum atomic E-state index is 12.7. The van der Waals surface area contributed by atoms with E-state index in [1.54, 1.807) is 20.8 Å². The normalized spacial score (nSPS) is 11.9. The largest absolute Gasteiger partial charge is 0.479 e. The molecule has 0 radical (unpaired) electrons. The molecule has 1 amide bonds. The highest BCUT2D eigenvalue weighted by Crippen LogP contribution is 2.35. The average molecular weight is 293 g/mol. The molecule has 20 heavy (non-hydrogen) atoms. The van der Waals surface area contributed by atoms with Gasteiger partial charge in [0.2, 0.25) is 5.88 Å². The molecule has 1 rings (SSSR count). The van der Waals surface area contributed by atoms with Crippen molar-refractivity contribution in [2.24, 2.45) is 0 Å². The second-order valence-electron chi connectivity index (χ2n) is 4.78. The summed E-state index contributed by atoms with van der Waals surface area (Å²) in [6, 6.07) is 0.621. The molecule has 9 heteroatoms. The lowest BCUT2D eigenvalue weighted by Crippen LogP contribution is -2.27. The summed E-state index contributed by atoms with van der Waals surface area (Å²) in [5.74, 6) is -1.06. The first-order chi connectivity index (χ1) is 9.03. The van der Waals surface area contributed by atoms with Crippen LogP contribution in [0.25, 0.3) is 0 Å². The van der Waals surface area contributed by atoms with E-state index in [-0.39, 0.29) is 5.82 Å². The molecule has 0 saturated heterocycles. The number of alkyl halides is 3. The Balaban J connectivity index is 2.96. The van der Waals surface area contributed by atoms with Gasteiger partial charge in [-0.25, -0.2) is 4.79 Å². The number of hydrogen-bond donors (Lipinski definition) is 1. The topological polar surface area (TPSA) is 73.3 Å². The maximum Gasteiger partial charge on any atom is 0.421 e. The minimum atomic E-state index is -4.67. The van der Waals surface area contributed by atoms with Crippen LogP contribution < -0.4 is 10.1 Å². The molecule has 6 nitrogen and oxygen atoms in total. The highest BCUT2D eigenvalue weighted by Gasteiger charge is 2.36. The van der Waals surface area contributed by atoms with E-state index in [2.05, 4.69) is 20.3 Å². The quantitative estimate of drug-likeness (QED) is 0.907. The third kappa shape index (κ3) is 4.56. The summed E-state index contributed by atoms with van der Waals surface area (Å²) in [6.07, 6.45) is -5.60. The second-order valence-corrected chi connectivity index (χ2v) is 4.78. The Kier molecular flexibility index (Phi) is 4.41. The summed E-state index contributed by atoms with van der Waals surface area (Å²) in [5, 5.41) is 8.73. The number of halogens is 3. The number of hydrogen-bond acceptors (Lipinski definition) is 5. The van der Waals surface area contributed by atoms with Crippen molar-refractivity contribution in [3.8, 4) is 5.88 Å². The lowest BCUT2D eigenvalue weighted by atomic mass is 10.2. The highest BCUT2D eigenvalue weighted by atomic mass is 19.4. The van der Waals surface area contributed by atoms with Crippen LogP contribution in [0.4, 0.5) is 23.8 Å². The van der Waals surface area contributed by atoms with Gasteiger partial charge in [0.05, 0.1) is 7.11 Å². The second kappa shape index (κ2) is 5.51. The third-order valence-electron chi connectivity index (χ3n) is 1.89. The number of methoxy groups -OCH3 is 1. The maximum absolute atomic E-state index is 12.7. The molecular weight excluding hydrogens is 279 g/mol. The fourth-order valence-electron chi connectivity index (χ4n) is 1.20. The number of amides is 1. The number of ether oxygens (including phenoxy) is 2. The number of carbonyl (C=O) groups excluding carboxylic acids is 1. The van der Waals surface area contributed by atoms with Crippen molar-refractivity contribution in [2.45, 2.75) is 32.5 Å². The van der Waals surface area contributed by atoms with Crippen LogP contribution in [0.5, 0.6) is 5.88 Å². The summed E-state index contributed by atoms with van der Waals surface area (Å²) in [7, 11) is 1.04. The predicted octanol–water partition coefficient (Wildman–Crippen LogP) is 2.85. The molecule has 1 N–H and O–H groups in total. The van der Waals surface area contributed by atoms with E-state index in [1.807, 2.05) is 0 Å². The van der Waals surface area contributed by atoms with Crippen LogP contribution in [-0.4, -0.2) is 29.0 Å². The van der Waals surface area contributed by atoms with Crippen molar-refractivity contribution >= 4 is 11.9 Å². The van der Waals surface area contributed by atoms with Crippen molar-refractivity contribution in [3.05, 3.63) is 11.6 Å². The van der Waals surface area contributed by atoms with E-state index in [1.165, 1.54) is 0 Å². The van der Waals surface area contributed by atoms with Crippen molar-refractivity contribution < 1.29 is 27.4 Å². The van der Waals surface area contributed by atoms with Gasteiger partial charge >= 0.3 is 12.3 Å². The molecule has 0 spiro atoms. The molecule has 0 unspecified atom stereocenters. The minimum absolute atomic E-state index is 0.382. The molecule has 0 aliphatic heterocycles. The number of rotatable bonds is 2. The first-order valence-electron chi connectivity index (χ1n) is 5.52. The van der Waals surface area contributed by atoms with Crippen molar-refractivity contribution in [3.63, 3.8) is 0 Å². The van der Waals surface area contributed by atoms with Crippen LogP contribution in [0.3, 0.4) is 0 Å². The van der Waals surface area contributed by atoms with Gasteiger partial charge in [-0.15, -0.1) is 10.2 Å². The van der Waals surface area contributed by atoms with Crippen molar-refractivity contribution in [1.82, 2.24) is 10.2 Å². The number of anilines is 1. The van der Waals surface area contributed by atoms with E-state index < -0.39 is 29.3 Å². The molecule has 0 fully saturated rings. The van der Waals surface area contributed by atoms with E-state index in [4.69, 9.17) is 4.74 Å². The van der Waals surface area contributed by atoms with Crippen molar-refractivity contribution in [1.29, 1.82) is 0 Å². The first-order valence-corrected chi connectivity index (χ1v) is 5.52. The van der Waals surface area contributed by atoms with E-state index >= 15 is 0 Å². The monoisotopic (exact) mass is 293 g/mol. The van der Waals surface area contributed by atoms with Gasteiger partial charge in [-0.3, -0.25) is 5.32 Å². The highest BCUT2D eigenvalue weighted by molar-refractivity contribution is 5.83. The average Bonchev–Trinajstić information content (AvgIpc) is 2.25. The Bertz CT molecular complexity index is 498. The number of nitrogens with zero attached hydrogens (tertiary/aromatic N) is 2. The van der Waals surface area contributed by atoms with Gasteiger partial charge in [0.25, 0.3) is 0 Å². The Morgan fingerprint density at radius 3 is 2.30 bits per heavy atom. The molecule has 112 valence electrons. The summed E-state index contributed by atoms with van der Waals surface area (Å²) in [4.78, 5) is 11.4. The Labute approximate surface area is 113 Å². The van der Waals surface area contributed by atoms with Gasteiger partial charge in [-0.2, -0.15) is 13.2 Å². The minimum Gasteiger partial charge on any atom is -0.479 e. The molecule has 1 aromatic rings. The van der Waals surface area contributed by atoms with E-state index in [0.717, 1.165) is 7.11 Å². The molecule has 1 heterocycles. The van der Waals surface area contributed by atoms with Crippen LogP contribution in [0.2, 0.25) is 0 Å². The van der Waals surface area contributed by atoms with Gasteiger partial charge in [-0.05, 0) is 20.8 Å². The van der Waals surface area contributed by atoms with E-state index in [0.29, 0.717) is 6.07 Å². The molecule has 0 bridgehead atoms. The zero-order chi connectivity index (χ0) is 15.6. The van der Waals surface area contributed by atoms with Crippen LogP contribution in [0.15, 0.2) is 6.07 Å². The fourth-order valence-corrected chi connectivity index (χ4v) is 1.20. The molecular formula is C11H14F3N3O3. The Morgan fingerprint density at radius 2 is 1.85 bits per heavy atom. The molecule has 0 aliphatic carbocycles. The van der Waals surface area contributed by atoms with Crippen LogP contribution in [0.1, 0.15) is 26.3 Å². The van der Waals surface area contributed by atoms with Gasteiger partial charge in [0.1, 0.15) is 11.2 Å². The molecule has 0 atom stereocenters. The van der Waals surface area contributed by atoms with Gasteiger partial charge in [0, 0.05) is 6.07 Å². The SMILES string of the molecule is COc1nnc(NC(=O)OC(C)(C)C)cc1C(F)(F)F. The van der Waals surface area contributed by atoms with E-state index in [9.17, 15) is 18.0 Å². The summed E-state index contributed by atoms with van der Waals surface area (Å²) in [6.45, 7) is 4.86. The third-order valence-corrected chi connectivity index (χ3v) is 1.89. The Morgan fingerprint density at radius 1 is 1.25 bits per heavy atom. The molecule has 0 aromatic carbocycles. The lowest BCUT2D eigenvalue weighted by Gasteiger charge is -2.19. The summed E-state index contributed by atoms with van der Waals surface area (Å²) < 4.78 is 47.6. The fraction of sp³-hybridized carbons (Fsp3) is 0.545. The number of nitrogens with one attached hydrogen (secondary N) is 1. The zero-order valence-electron chi connectivity index (χ0n) is 11.3. The zero-order valence-corrected chi connectivity index (χ0v) is 11.3. The summed E-state index contributed by atoms with van der Waals surface area (Å²) in [5.41, 5.74) is -1.92. The summed E-state index contributed by atoms with van der Waals surface area (Å²) >= 11 is 0. The van der Waals surface area contributed by atoms with Crippen LogP contribution in [-0.2, 0) is 10.9 Å². The van der Waals surface area contributed by atoms with Gasteiger partial charge in [0.15, 0.2) is 5.82 Å². The Hall–Kier alpha value is -2.06. The van der Waals surface area contributed by atoms with Crippen LogP contribution in [0, 0.1) is 0 Å². The predicted molar refractivity (Wildman–Crippen MR) is 63.4 cm³/mol. The van der Waals surface area contributed by atoms with Crippen LogP contribution >= 0.6 is 0 Å². The van der Waals surface area contributed by atoms with Gasteiger partial charge < -0.3 is 9.47 Å². The van der Waals surface area contributed by atoms with Gasteiger partial charge in [-0.1, -0.05) is 0 Å².